The van der Waals surface area contributed by atoms with Crippen LogP contribution in [0.15, 0.2) is 40.8 Å². The van der Waals surface area contributed by atoms with E-state index in [1.807, 2.05) is 12.1 Å². The predicted octanol–water partition coefficient (Wildman–Crippen LogP) is 0.788. The predicted molar refractivity (Wildman–Crippen MR) is 48.1 cm³/mol. The zero-order valence-corrected chi connectivity index (χ0v) is 7.03. The average molecular weight is 172 g/mol. The lowest BCUT2D eigenvalue weighted by atomic mass is 10.1. The molecular weight excluding hydrogens is 164 g/mol. The highest BCUT2D eigenvalue weighted by Crippen LogP contribution is 1.94. The fourth-order valence-corrected chi connectivity index (χ4v) is 1.34. The van der Waals surface area contributed by atoms with Crippen LogP contribution < -0.4 is 10.7 Å². The van der Waals surface area contributed by atoms with Crippen LogP contribution >= 0.6 is 0 Å². The first-order valence-electron chi connectivity index (χ1n) is 4.01. The number of carbonyl (C=O) groups excluding carboxylic acids is 1. The average Bonchev–Trinajstić information content (AvgIpc) is 2.47. The van der Waals surface area contributed by atoms with Gasteiger partial charge in [-0.3, -0.25) is 0 Å². The smallest absolute Gasteiger partial charge is 0.244 e. The highest BCUT2D eigenvalue weighted by molar-refractivity contribution is 5.77. The number of rotatable bonds is 2. The van der Waals surface area contributed by atoms with Crippen LogP contribution in [0.5, 0.6) is 0 Å². The van der Waals surface area contributed by atoms with Crippen molar-refractivity contribution >= 4 is 6.03 Å². The number of allylic oxidation sites excluding steroid dienone is 1. The largest absolute Gasteiger partial charge is 0.368 e. The summed E-state index contributed by atoms with van der Waals surface area (Å²) in [7, 11) is 0. The van der Waals surface area contributed by atoms with E-state index < -0.39 is 6.03 Å². The monoisotopic (exact) mass is 172 g/mol. The maximum atomic E-state index is 10.9. The molecule has 2 amide bonds. The summed E-state index contributed by atoms with van der Waals surface area (Å²) in [5.41, 5.74) is 1.00. The first kappa shape index (κ1) is 7.86. The first-order valence-corrected chi connectivity index (χ1v) is 4.01. The van der Waals surface area contributed by atoms with Crippen LogP contribution in [0.4, 0.5) is 4.79 Å². The summed E-state index contributed by atoms with van der Waals surface area (Å²) in [6, 6.07) is 5.18. The summed E-state index contributed by atoms with van der Waals surface area (Å²) < 4.78 is 0. The maximum absolute atomic E-state index is 10.9. The minimum atomic E-state index is -0.411. The third-order valence-electron chi connectivity index (χ3n) is 1.89. The molecule has 0 saturated carbocycles. The molecule has 0 radical (unpaired) electrons. The fraction of sp³-hybridized carbons (Fsp3) is 0.100. The summed E-state index contributed by atoms with van der Waals surface area (Å²) in [6.45, 7) is 3.64. The topological polar surface area (TPSA) is 41.8 Å². The molecule has 3 nitrogen and oxygen atoms in total. The lowest BCUT2D eigenvalue weighted by Gasteiger charge is -1.93. The van der Waals surface area contributed by atoms with Gasteiger partial charge in [0.2, 0.25) is 0 Å². The number of amides is 2. The van der Waals surface area contributed by atoms with Gasteiger partial charge in [-0.1, -0.05) is 18.2 Å². The van der Waals surface area contributed by atoms with Crippen LogP contribution in [-0.4, -0.2) is 6.03 Å². The number of hydrogen-bond donors (Lipinski definition) is 0. The van der Waals surface area contributed by atoms with Gasteiger partial charge in [-0.2, -0.15) is 9.98 Å². The Labute approximate surface area is 75.1 Å². The van der Waals surface area contributed by atoms with E-state index in [0.29, 0.717) is 10.7 Å². The van der Waals surface area contributed by atoms with Crippen molar-refractivity contribution < 1.29 is 4.79 Å². The van der Waals surface area contributed by atoms with Gasteiger partial charge in [-0.15, -0.1) is 6.58 Å². The lowest BCUT2D eigenvalue weighted by Crippen LogP contribution is -2.25. The van der Waals surface area contributed by atoms with Crippen LogP contribution in [0.2, 0.25) is 0 Å². The van der Waals surface area contributed by atoms with E-state index in [-0.39, 0.29) is 0 Å². The van der Waals surface area contributed by atoms with Crippen LogP contribution in [0.1, 0.15) is 5.56 Å². The molecule has 0 saturated heterocycles. The second-order valence-electron chi connectivity index (χ2n) is 2.78. The summed E-state index contributed by atoms with van der Waals surface area (Å²) in [6.07, 6.45) is 2.50. The SMILES string of the molecule is C=CCc1cccc2c1=NC(=O)N=2. The van der Waals surface area contributed by atoms with Crippen molar-refractivity contribution in [1.82, 2.24) is 0 Å². The number of para-hydroxylation sites is 1. The highest BCUT2D eigenvalue weighted by atomic mass is 16.2. The first-order chi connectivity index (χ1) is 6.31. The third kappa shape index (κ3) is 1.28. The van der Waals surface area contributed by atoms with Crippen LogP contribution in [0.3, 0.4) is 0 Å². The molecular formula is C10H8N2O. The number of fused-ring (bicyclic) bond motifs is 1. The van der Waals surface area contributed by atoms with Crippen LogP contribution in [-0.2, 0) is 6.42 Å². The van der Waals surface area contributed by atoms with E-state index in [2.05, 4.69) is 16.6 Å². The highest BCUT2D eigenvalue weighted by Gasteiger charge is 2.06. The van der Waals surface area contributed by atoms with Crippen LogP contribution in [0, 0.1) is 0 Å². The van der Waals surface area contributed by atoms with E-state index in [1.165, 1.54) is 0 Å². The summed E-state index contributed by atoms with van der Waals surface area (Å²) >= 11 is 0. The molecule has 0 aromatic heterocycles. The van der Waals surface area contributed by atoms with Crippen molar-refractivity contribution in [2.24, 2.45) is 9.98 Å². The molecule has 0 spiro atoms. The molecule has 2 rings (SSSR count). The Morgan fingerprint density at radius 3 is 3.00 bits per heavy atom. The molecule has 3 heteroatoms. The standard InChI is InChI=1S/C10H8N2O/c1-2-4-7-5-3-6-8-9(7)12-10(13)11-8/h2-3,5-6H,1,4H2. The number of urea groups is 1. The molecule has 0 atom stereocenters. The molecule has 0 unspecified atom stereocenters. The van der Waals surface area contributed by atoms with Gasteiger partial charge in [0.1, 0.15) is 0 Å². The number of hydrogen-bond acceptors (Lipinski definition) is 1. The number of benzene rings is 1. The molecule has 13 heavy (non-hydrogen) atoms. The van der Waals surface area contributed by atoms with Crippen molar-refractivity contribution in [2.75, 3.05) is 0 Å². The van der Waals surface area contributed by atoms with E-state index in [9.17, 15) is 4.79 Å². The Morgan fingerprint density at radius 1 is 1.38 bits per heavy atom. The second kappa shape index (κ2) is 2.94. The summed E-state index contributed by atoms with van der Waals surface area (Å²) in [5, 5.41) is 1.37. The Morgan fingerprint density at radius 2 is 2.23 bits per heavy atom. The molecule has 64 valence electrons. The quantitative estimate of drug-likeness (QED) is 0.608. The number of nitrogens with zero attached hydrogens (tertiary/aromatic N) is 2. The van der Waals surface area contributed by atoms with Crippen molar-refractivity contribution in [3.05, 3.63) is 47.1 Å². The van der Waals surface area contributed by atoms with Crippen molar-refractivity contribution in [3.8, 4) is 0 Å². The van der Waals surface area contributed by atoms with Gasteiger partial charge in [0, 0.05) is 0 Å². The van der Waals surface area contributed by atoms with Gasteiger partial charge in [0.05, 0.1) is 10.7 Å². The van der Waals surface area contributed by atoms with E-state index in [0.717, 1.165) is 12.0 Å². The molecule has 0 bridgehead atoms. The molecule has 0 N–H and O–H groups in total. The van der Waals surface area contributed by atoms with Crippen molar-refractivity contribution in [3.63, 3.8) is 0 Å². The van der Waals surface area contributed by atoms with Crippen LogP contribution in [0.25, 0.3) is 0 Å². The molecule has 1 aliphatic rings. The van der Waals surface area contributed by atoms with Crippen molar-refractivity contribution in [2.45, 2.75) is 6.42 Å². The fourth-order valence-electron chi connectivity index (χ4n) is 1.34. The summed E-state index contributed by atoms with van der Waals surface area (Å²) in [4.78, 5) is 18.5. The van der Waals surface area contributed by atoms with Gasteiger partial charge >= 0.3 is 6.03 Å². The zero-order valence-electron chi connectivity index (χ0n) is 7.03. The molecule has 0 fully saturated rings. The third-order valence-corrected chi connectivity index (χ3v) is 1.89. The Balaban J connectivity index is 2.72. The minimum Gasteiger partial charge on any atom is -0.244 e. The van der Waals surface area contributed by atoms with E-state index >= 15 is 0 Å². The van der Waals surface area contributed by atoms with E-state index in [1.54, 1.807) is 12.1 Å². The van der Waals surface area contributed by atoms with E-state index in [4.69, 9.17) is 0 Å². The molecule has 1 aromatic carbocycles. The Kier molecular flexibility index (Phi) is 1.77. The van der Waals surface area contributed by atoms with Gasteiger partial charge in [-0.05, 0) is 18.1 Å². The molecule has 1 heterocycles. The zero-order chi connectivity index (χ0) is 9.26. The van der Waals surface area contributed by atoms with Gasteiger partial charge < -0.3 is 0 Å². The molecule has 1 aromatic rings. The minimum absolute atomic E-state index is 0.411. The molecule has 0 aliphatic carbocycles. The molecule has 1 aliphatic heterocycles. The Hall–Kier alpha value is -1.77. The second-order valence-corrected chi connectivity index (χ2v) is 2.78. The van der Waals surface area contributed by atoms with Gasteiger partial charge in [-0.25, -0.2) is 4.79 Å². The Bertz CT molecular complexity index is 488. The summed E-state index contributed by atoms with van der Waals surface area (Å²) in [5.74, 6) is 0. The van der Waals surface area contributed by atoms with Crippen molar-refractivity contribution in [1.29, 1.82) is 0 Å². The van der Waals surface area contributed by atoms with Gasteiger partial charge in [0.15, 0.2) is 0 Å². The lowest BCUT2D eigenvalue weighted by molar-refractivity contribution is 0.256. The maximum Gasteiger partial charge on any atom is 0.368 e. The normalized spacial score (nSPS) is 13.1. The number of carbonyl (C=O) groups is 1. The van der Waals surface area contributed by atoms with Gasteiger partial charge in [0.25, 0.3) is 0 Å².